The number of hydrogen-bond donors (Lipinski definition) is 3. The van der Waals surface area contributed by atoms with Crippen LogP contribution >= 0.6 is 0 Å². The predicted molar refractivity (Wildman–Crippen MR) is 74.9 cm³/mol. The van der Waals surface area contributed by atoms with E-state index in [0.29, 0.717) is 16.9 Å². The highest BCUT2D eigenvalue weighted by Gasteiger charge is 2.12. The number of rotatable bonds is 5. The van der Waals surface area contributed by atoms with Gasteiger partial charge in [-0.05, 0) is 37.3 Å². The van der Waals surface area contributed by atoms with Gasteiger partial charge in [-0.1, -0.05) is 0 Å². The third kappa shape index (κ3) is 3.28. The van der Waals surface area contributed by atoms with E-state index in [0.717, 1.165) is 12.2 Å². The van der Waals surface area contributed by atoms with Crippen molar-refractivity contribution in [1.82, 2.24) is 0 Å². The average Bonchev–Trinajstić information content (AvgIpc) is 2.83. The summed E-state index contributed by atoms with van der Waals surface area (Å²) in [5, 5.41) is 3.24. The highest BCUT2D eigenvalue weighted by Crippen LogP contribution is 2.20. The second-order valence-electron chi connectivity index (χ2n) is 4.50. The molecule has 0 aliphatic carbocycles. The molecule has 2 aromatic rings. The number of amides is 1. The van der Waals surface area contributed by atoms with Gasteiger partial charge >= 0.3 is 0 Å². The van der Waals surface area contributed by atoms with E-state index in [1.165, 1.54) is 0 Å². The fourth-order valence-electron chi connectivity index (χ4n) is 1.94. The van der Waals surface area contributed by atoms with Crippen LogP contribution in [0, 0.1) is 0 Å². The lowest BCUT2D eigenvalue weighted by Gasteiger charge is -2.16. The molecular formula is C14H17N3O2. The number of hydrogen-bond acceptors (Lipinski definition) is 4. The second kappa shape index (κ2) is 5.48. The summed E-state index contributed by atoms with van der Waals surface area (Å²) < 4.78 is 5.29. The number of anilines is 2. The first-order chi connectivity index (χ1) is 9.06. The molecule has 1 aromatic carbocycles. The van der Waals surface area contributed by atoms with Gasteiger partial charge in [0.1, 0.15) is 5.76 Å². The minimum atomic E-state index is -0.500. The van der Waals surface area contributed by atoms with E-state index in [4.69, 9.17) is 15.9 Å². The maximum atomic E-state index is 11.4. The van der Waals surface area contributed by atoms with Crippen LogP contribution in [0.2, 0.25) is 0 Å². The summed E-state index contributed by atoms with van der Waals surface area (Å²) in [4.78, 5) is 11.4. The first-order valence-electron chi connectivity index (χ1n) is 6.04. The van der Waals surface area contributed by atoms with Gasteiger partial charge in [0.15, 0.2) is 0 Å². The average molecular weight is 259 g/mol. The van der Waals surface area contributed by atoms with E-state index in [-0.39, 0.29) is 6.04 Å². The highest BCUT2D eigenvalue weighted by atomic mass is 16.3. The van der Waals surface area contributed by atoms with Gasteiger partial charge in [0, 0.05) is 23.8 Å². The van der Waals surface area contributed by atoms with Gasteiger partial charge in [-0.15, -0.1) is 0 Å². The monoisotopic (exact) mass is 259 g/mol. The molecule has 5 nitrogen and oxygen atoms in total. The van der Waals surface area contributed by atoms with Crippen LogP contribution in [0.3, 0.4) is 0 Å². The Labute approximate surface area is 111 Å². The van der Waals surface area contributed by atoms with Gasteiger partial charge in [0.2, 0.25) is 0 Å². The Hall–Kier alpha value is -2.43. The molecule has 1 aromatic heterocycles. The molecule has 1 heterocycles. The lowest BCUT2D eigenvalue weighted by atomic mass is 10.1. The third-order valence-electron chi connectivity index (χ3n) is 2.80. The Morgan fingerprint density at radius 3 is 2.84 bits per heavy atom. The van der Waals surface area contributed by atoms with Gasteiger partial charge in [-0.25, -0.2) is 0 Å². The van der Waals surface area contributed by atoms with Crippen molar-refractivity contribution in [1.29, 1.82) is 0 Å². The van der Waals surface area contributed by atoms with Crippen molar-refractivity contribution in [3.05, 3.63) is 47.9 Å². The van der Waals surface area contributed by atoms with Crippen molar-refractivity contribution in [3.63, 3.8) is 0 Å². The van der Waals surface area contributed by atoms with E-state index in [1.807, 2.05) is 19.1 Å². The summed E-state index contributed by atoms with van der Waals surface area (Å²) in [6.07, 6.45) is 2.36. The fourth-order valence-corrected chi connectivity index (χ4v) is 1.94. The molecule has 100 valence electrons. The molecule has 0 fully saturated rings. The molecule has 1 unspecified atom stereocenters. The van der Waals surface area contributed by atoms with Gasteiger partial charge in [0.25, 0.3) is 5.91 Å². The Morgan fingerprint density at radius 1 is 1.42 bits per heavy atom. The second-order valence-corrected chi connectivity index (χ2v) is 4.50. The minimum absolute atomic E-state index is 0.105. The topological polar surface area (TPSA) is 94.3 Å². The Morgan fingerprint density at radius 2 is 2.21 bits per heavy atom. The third-order valence-corrected chi connectivity index (χ3v) is 2.80. The van der Waals surface area contributed by atoms with Crippen LogP contribution < -0.4 is 16.8 Å². The van der Waals surface area contributed by atoms with Gasteiger partial charge < -0.3 is 21.2 Å². The molecule has 1 atom stereocenters. The number of furan rings is 1. The predicted octanol–water partition coefficient (Wildman–Crippen LogP) is 2.00. The van der Waals surface area contributed by atoms with Crippen molar-refractivity contribution >= 4 is 17.3 Å². The quantitative estimate of drug-likeness (QED) is 0.716. The molecule has 5 N–H and O–H groups in total. The molecule has 5 heteroatoms. The Kier molecular flexibility index (Phi) is 3.75. The molecule has 0 saturated heterocycles. The van der Waals surface area contributed by atoms with Crippen molar-refractivity contribution in [2.75, 3.05) is 11.1 Å². The zero-order valence-corrected chi connectivity index (χ0v) is 10.7. The number of carbonyl (C=O) groups is 1. The summed E-state index contributed by atoms with van der Waals surface area (Å²) in [5.74, 6) is 0.385. The lowest BCUT2D eigenvalue weighted by molar-refractivity contribution is 0.100. The number of nitrogens with one attached hydrogen (secondary N) is 1. The van der Waals surface area contributed by atoms with E-state index in [9.17, 15) is 4.79 Å². The molecule has 1 amide bonds. The first-order valence-corrected chi connectivity index (χ1v) is 6.04. The molecular weight excluding hydrogens is 242 g/mol. The van der Waals surface area contributed by atoms with E-state index < -0.39 is 5.91 Å². The standard InChI is InChI=1S/C14H17N3O2/c1-9(7-11-3-2-6-19-11)17-13-5-4-10(15)8-12(13)14(16)18/h2-6,8-9,17H,7,15H2,1H3,(H2,16,18). The fraction of sp³-hybridized carbons (Fsp3) is 0.214. The van der Waals surface area contributed by atoms with Gasteiger partial charge in [-0.2, -0.15) is 0 Å². The van der Waals surface area contributed by atoms with E-state index in [2.05, 4.69) is 5.32 Å². The van der Waals surface area contributed by atoms with Crippen molar-refractivity contribution in [2.45, 2.75) is 19.4 Å². The van der Waals surface area contributed by atoms with Crippen LogP contribution in [-0.4, -0.2) is 11.9 Å². The molecule has 2 rings (SSSR count). The van der Waals surface area contributed by atoms with Crippen LogP contribution in [0.15, 0.2) is 41.0 Å². The number of primary amides is 1. The Balaban J connectivity index is 2.12. The highest BCUT2D eigenvalue weighted by molar-refractivity contribution is 5.99. The smallest absolute Gasteiger partial charge is 0.250 e. The summed E-state index contributed by atoms with van der Waals surface area (Å²) in [7, 11) is 0. The van der Waals surface area contributed by atoms with Crippen LogP contribution in [-0.2, 0) is 6.42 Å². The van der Waals surface area contributed by atoms with Crippen molar-refractivity contribution in [2.24, 2.45) is 5.73 Å². The number of benzene rings is 1. The lowest BCUT2D eigenvalue weighted by Crippen LogP contribution is -2.21. The SMILES string of the molecule is CC(Cc1ccco1)Nc1ccc(N)cc1C(N)=O. The van der Waals surface area contributed by atoms with Crippen LogP contribution in [0.1, 0.15) is 23.0 Å². The molecule has 0 radical (unpaired) electrons. The van der Waals surface area contributed by atoms with E-state index >= 15 is 0 Å². The van der Waals surface area contributed by atoms with Gasteiger partial charge in [-0.3, -0.25) is 4.79 Å². The molecule has 0 aliphatic rings. The molecule has 0 saturated carbocycles. The molecule has 19 heavy (non-hydrogen) atoms. The van der Waals surface area contributed by atoms with Crippen LogP contribution in [0.4, 0.5) is 11.4 Å². The number of nitrogen functional groups attached to an aromatic ring is 1. The summed E-state index contributed by atoms with van der Waals surface area (Å²) in [6.45, 7) is 2.00. The van der Waals surface area contributed by atoms with E-state index in [1.54, 1.807) is 24.5 Å². The summed E-state index contributed by atoms with van der Waals surface area (Å²) in [6, 6.07) is 8.93. The Bertz CT molecular complexity index is 564. The zero-order valence-electron chi connectivity index (χ0n) is 10.7. The number of carbonyl (C=O) groups excluding carboxylic acids is 1. The zero-order chi connectivity index (χ0) is 13.8. The van der Waals surface area contributed by atoms with Gasteiger partial charge in [0.05, 0.1) is 11.8 Å². The summed E-state index contributed by atoms with van der Waals surface area (Å²) in [5.41, 5.74) is 12.6. The normalized spacial score (nSPS) is 12.1. The maximum absolute atomic E-state index is 11.4. The molecule has 0 bridgehead atoms. The van der Waals surface area contributed by atoms with Crippen molar-refractivity contribution in [3.8, 4) is 0 Å². The minimum Gasteiger partial charge on any atom is -0.469 e. The molecule has 0 spiro atoms. The summed E-state index contributed by atoms with van der Waals surface area (Å²) >= 11 is 0. The number of nitrogens with two attached hydrogens (primary N) is 2. The van der Waals surface area contributed by atoms with Crippen LogP contribution in [0.25, 0.3) is 0 Å². The van der Waals surface area contributed by atoms with Crippen LogP contribution in [0.5, 0.6) is 0 Å². The largest absolute Gasteiger partial charge is 0.469 e. The first kappa shape index (κ1) is 13.0. The molecule has 0 aliphatic heterocycles. The van der Waals surface area contributed by atoms with Crippen molar-refractivity contribution < 1.29 is 9.21 Å². The maximum Gasteiger partial charge on any atom is 0.250 e.